The summed E-state index contributed by atoms with van der Waals surface area (Å²) in [6.07, 6.45) is 6.92. The number of aromatic hydroxyl groups is 1. The smallest absolute Gasteiger partial charge is 0.331 e. The molecular formula is C18H16BrN3O3. The van der Waals surface area contributed by atoms with Crippen molar-refractivity contribution in [1.82, 2.24) is 9.55 Å². The molecule has 4 rings (SSSR count). The lowest BCUT2D eigenvalue weighted by molar-refractivity contribution is 0.362. The molecule has 128 valence electrons. The van der Waals surface area contributed by atoms with E-state index in [1.807, 2.05) is 18.2 Å². The lowest BCUT2D eigenvalue weighted by atomic mass is 10.1. The number of nitrogens with one attached hydrogen (secondary N) is 1. The number of hydrogen-bond donors (Lipinski definition) is 2. The van der Waals surface area contributed by atoms with Gasteiger partial charge in [0.2, 0.25) is 5.88 Å². The molecule has 6 nitrogen and oxygen atoms in total. The van der Waals surface area contributed by atoms with Gasteiger partial charge in [-0.2, -0.15) is 0 Å². The molecule has 2 aromatic rings. The van der Waals surface area contributed by atoms with E-state index in [9.17, 15) is 14.7 Å². The number of aliphatic imine (C=N–C) groups is 1. The Morgan fingerprint density at radius 3 is 2.80 bits per heavy atom. The monoisotopic (exact) mass is 401 g/mol. The van der Waals surface area contributed by atoms with Crippen molar-refractivity contribution in [2.24, 2.45) is 4.99 Å². The van der Waals surface area contributed by atoms with Crippen molar-refractivity contribution >= 4 is 39.5 Å². The summed E-state index contributed by atoms with van der Waals surface area (Å²) in [7, 11) is 0. The van der Waals surface area contributed by atoms with Crippen molar-refractivity contribution in [2.75, 3.05) is 0 Å². The molecular weight excluding hydrogens is 386 g/mol. The van der Waals surface area contributed by atoms with E-state index < -0.39 is 11.2 Å². The predicted octanol–water partition coefficient (Wildman–Crippen LogP) is 3.38. The molecule has 0 saturated heterocycles. The average molecular weight is 402 g/mol. The van der Waals surface area contributed by atoms with E-state index in [1.54, 1.807) is 12.3 Å². The van der Waals surface area contributed by atoms with Crippen molar-refractivity contribution in [1.29, 1.82) is 0 Å². The average Bonchev–Trinajstić information content (AvgIpc) is 3.21. The standard InChI is InChI=1S/C18H16BrN3O3/c19-11-5-6-15-13(8-11)10(9-20-15)7-14-16(23)21-18(25)22(17(14)24)12-3-1-2-4-12/h5-9,12,24H,1-4H2,(H,21,23,25). The molecule has 1 aromatic carbocycles. The van der Waals surface area contributed by atoms with Gasteiger partial charge in [0.1, 0.15) is 5.56 Å². The van der Waals surface area contributed by atoms with Crippen LogP contribution in [0.5, 0.6) is 5.88 Å². The maximum absolute atomic E-state index is 12.3. The van der Waals surface area contributed by atoms with Crippen LogP contribution in [0.2, 0.25) is 0 Å². The minimum absolute atomic E-state index is 0.0693. The van der Waals surface area contributed by atoms with Crippen molar-refractivity contribution in [2.45, 2.75) is 31.7 Å². The number of benzene rings is 1. The second-order valence-corrected chi connectivity index (χ2v) is 7.24. The Labute approximate surface area is 151 Å². The first-order chi connectivity index (χ1) is 12.0. The molecule has 0 bridgehead atoms. The number of fused-ring (bicyclic) bond motifs is 1. The van der Waals surface area contributed by atoms with Crippen LogP contribution in [0.3, 0.4) is 0 Å². The molecule has 0 unspecified atom stereocenters. The Kier molecular flexibility index (Phi) is 3.95. The Hall–Kier alpha value is -2.41. The number of aromatic nitrogens is 2. The summed E-state index contributed by atoms with van der Waals surface area (Å²) >= 11 is 3.43. The van der Waals surface area contributed by atoms with Gasteiger partial charge in [-0.05, 0) is 37.1 Å². The highest BCUT2D eigenvalue weighted by Gasteiger charge is 2.24. The van der Waals surface area contributed by atoms with Crippen LogP contribution in [0.25, 0.3) is 11.6 Å². The molecule has 1 aliphatic heterocycles. The summed E-state index contributed by atoms with van der Waals surface area (Å²) in [6.45, 7) is 0. The normalized spacial score (nSPS) is 18.2. The second kappa shape index (κ2) is 6.15. The van der Waals surface area contributed by atoms with E-state index in [-0.39, 0.29) is 17.5 Å². The molecule has 7 heteroatoms. The van der Waals surface area contributed by atoms with Gasteiger partial charge in [0.05, 0.1) is 5.69 Å². The lowest BCUT2D eigenvalue weighted by Gasteiger charge is -2.16. The second-order valence-electron chi connectivity index (χ2n) is 6.32. The zero-order valence-corrected chi connectivity index (χ0v) is 14.9. The highest BCUT2D eigenvalue weighted by atomic mass is 79.9. The van der Waals surface area contributed by atoms with E-state index in [2.05, 4.69) is 25.9 Å². The molecule has 0 spiro atoms. The van der Waals surface area contributed by atoms with Crippen LogP contribution in [-0.4, -0.2) is 20.9 Å². The number of H-pyrrole nitrogens is 1. The molecule has 1 saturated carbocycles. The van der Waals surface area contributed by atoms with Gasteiger partial charge in [0.15, 0.2) is 0 Å². The number of aromatic amines is 1. The van der Waals surface area contributed by atoms with Crippen LogP contribution in [0.4, 0.5) is 5.69 Å². The molecule has 2 heterocycles. The first kappa shape index (κ1) is 16.1. The summed E-state index contributed by atoms with van der Waals surface area (Å²) in [5.41, 5.74) is 1.32. The summed E-state index contributed by atoms with van der Waals surface area (Å²) < 4.78 is 2.21. The summed E-state index contributed by atoms with van der Waals surface area (Å²) in [4.78, 5) is 31.1. The van der Waals surface area contributed by atoms with Gasteiger partial charge in [-0.25, -0.2) is 4.79 Å². The van der Waals surface area contributed by atoms with E-state index in [0.29, 0.717) is 5.57 Å². The quantitative estimate of drug-likeness (QED) is 0.808. The van der Waals surface area contributed by atoms with Gasteiger partial charge < -0.3 is 5.11 Å². The third-order valence-corrected chi connectivity index (χ3v) is 5.25. The fourth-order valence-electron chi connectivity index (χ4n) is 3.51. The summed E-state index contributed by atoms with van der Waals surface area (Å²) in [5.74, 6) is -0.273. The van der Waals surface area contributed by atoms with Crippen LogP contribution >= 0.6 is 15.9 Å². The van der Waals surface area contributed by atoms with Gasteiger partial charge in [-0.15, -0.1) is 0 Å². The zero-order valence-electron chi connectivity index (χ0n) is 13.3. The van der Waals surface area contributed by atoms with E-state index in [0.717, 1.165) is 41.4 Å². The Morgan fingerprint density at radius 2 is 2.04 bits per heavy atom. The maximum atomic E-state index is 12.3. The molecule has 0 atom stereocenters. The van der Waals surface area contributed by atoms with Gasteiger partial charge in [0, 0.05) is 27.9 Å². The van der Waals surface area contributed by atoms with E-state index in [1.165, 1.54) is 4.57 Å². The van der Waals surface area contributed by atoms with Crippen molar-refractivity contribution in [3.8, 4) is 5.88 Å². The van der Waals surface area contributed by atoms with Crippen LogP contribution in [0.1, 0.15) is 42.9 Å². The molecule has 0 amide bonds. The van der Waals surface area contributed by atoms with Crippen molar-refractivity contribution in [3.63, 3.8) is 0 Å². The maximum Gasteiger partial charge on any atom is 0.331 e. The largest absolute Gasteiger partial charge is 0.494 e. The Balaban J connectivity index is 1.86. The predicted molar refractivity (Wildman–Crippen MR) is 101 cm³/mol. The molecule has 2 aliphatic rings. The molecule has 1 fully saturated rings. The summed E-state index contributed by atoms with van der Waals surface area (Å²) in [6, 6.07) is 5.61. The molecule has 2 N–H and O–H groups in total. The molecule has 1 aromatic heterocycles. The fourth-order valence-corrected chi connectivity index (χ4v) is 3.88. The number of rotatable bonds is 2. The molecule has 1 aliphatic carbocycles. The van der Waals surface area contributed by atoms with Crippen LogP contribution in [0.15, 0.2) is 37.3 Å². The van der Waals surface area contributed by atoms with Gasteiger partial charge in [-0.1, -0.05) is 28.8 Å². The Bertz CT molecular complexity index is 1030. The van der Waals surface area contributed by atoms with Crippen molar-refractivity contribution in [3.05, 3.63) is 54.6 Å². The van der Waals surface area contributed by atoms with E-state index in [4.69, 9.17) is 0 Å². The molecule has 25 heavy (non-hydrogen) atoms. The minimum atomic E-state index is -0.596. The van der Waals surface area contributed by atoms with Gasteiger partial charge in [0.25, 0.3) is 5.56 Å². The first-order valence-electron chi connectivity index (χ1n) is 8.18. The molecule has 0 radical (unpaired) electrons. The SMILES string of the molecule is O=c1[nH]c(=O)n(C2CCCC2)c(O)c1C=C1C=Nc2ccc(Br)cc21. The fraction of sp³-hybridized carbons (Fsp3) is 0.278. The first-order valence-corrected chi connectivity index (χ1v) is 8.97. The van der Waals surface area contributed by atoms with Gasteiger partial charge >= 0.3 is 5.69 Å². The van der Waals surface area contributed by atoms with Crippen LogP contribution in [0, 0.1) is 0 Å². The number of hydrogen-bond acceptors (Lipinski definition) is 4. The zero-order chi connectivity index (χ0) is 17.6. The highest BCUT2D eigenvalue weighted by molar-refractivity contribution is 9.10. The lowest BCUT2D eigenvalue weighted by Crippen LogP contribution is -2.33. The van der Waals surface area contributed by atoms with Crippen molar-refractivity contribution < 1.29 is 5.11 Å². The van der Waals surface area contributed by atoms with Crippen LogP contribution in [-0.2, 0) is 0 Å². The van der Waals surface area contributed by atoms with E-state index >= 15 is 0 Å². The third-order valence-electron chi connectivity index (χ3n) is 4.75. The minimum Gasteiger partial charge on any atom is -0.494 e. The number of nitrogens with zero attached hydrogens (tertiary/aromatic N) is 2. The highest BCUT2D eigenvalue weighted by Crippen LogP contribution is 2.36. The Morgan fingerprint density at radius 1 is 1.28 bits per heavy atom. The third kappa shape index (κ3) is 2.78. The van der Waals surface area contributed by atoms with Gasteiger partial charge in [-0.3, -0.25) is 19.3 Å². The number of halogens is 1. The summed E-state index contributed by atoms with van der Waals surface area (Å²) in [5, 5.41) is 10.6. The number of allylic oxidation sites excluding steroid dienone is 1. The van der Waals surface area contributed by atoms with Crippen LogP contribution < -0.4 is 11.2 Å². The topological polar surface area (TPSA) is 87.5 Å².